The van der Waals surface area contributed by atoms with E-state index in [4.69, 9.17) is 4.74 Å². The molecule has 2 aromatic rings. The highest BCUT2D eigenvalue weighted by atomic mass is 16.5. The molecular weight excluding hydrogens is 328 g/mol. The number of fused-ring (bicyclic) bond motifs is 1. The predicted molar refractivity (Wildman–Crippen MR) is 101 cm³/mol. The van der Waals surface area contributed by atoms with Gasteiger partial charge >= 0.3 is 0 Å². The maximum Gasteiger partial charge on any atom is 0.252 e. The number of anilines is 2. The van der Waals surface area contributed by atoms with Gasteiger partial charge in [-0.05, 0) is 30.2 Å². The van der Waals surface area contributed by atoms with Gasteiger partial charge in [0.15, 0.2) is 0 Å². The smallest absolute Gasteiger partial charge is 0.252 e. The van der Waals surface area contributed by atoms with Crippen molar-refractivity contribution in [3.8, 4) is 0 Å². The number of rotatable bonds is 5. The Balaban J connectivity index is 1.33. The Bertz CT molecular complexity index is 757. The Morgan fingerprint density at radius 1 is 1.12 bits per heavy atom. The third kappa shape index (κ3) is 3.71. The molecule has 0 unspecified atom stereocenters. The van der Waals surface area contributed by atoms with Gasteiger partial charge in [0.2, 0.25) is 0 Å². The molecule has 0 aliphatic carbocycles. The lowest BCUT2D eigenvalue weighted by Gasteiger charge is -2.26. The van der Waals surface area contributed by atoms with Crippen molar-refractivity contribution in [1.29, 1.82) is 0 Å². The zero-order chi connectivity index (χ0) is 17.8. The molecule has 1 aromatic carbocycles. The number of ether oxygens (including phenoxy) is 1. The molecule has 136 valence electrons. The first-order valence-corrected chi connectivity index (χ1v) is 9.21. The SMILES string of the molecule is O=C(NCCN1CCOCC1)c1ccc(N2CCc3ccccc32)nc1. The van der Waals surface area contributed by atoms with E-state index in [9.17, 15) is 4.79 Å². The molecule has 2 aliphatic rings. The molecule has 1 aromatic heterocycles. The molecule has 4 rings (SSSR count). The molecule has 0 saturated carbocycles. The summed E-state index contributed by atoms with van der Waals surface area (Å²) >= 11 is 0. The number of carbonyl (C=O) groups is 1. The van der Waals surface area contributed by atoms with Crippen LogP contribution in [0.2, 0.25) is 0 Å². The van der Waals surface area contributed by atoms with Gasteiger partial charge in [-0.2, -0.15) is 0 Å². The molecule has 2 aliphatic heterocycles. The summed E-state index contributed by atoms with van der Waals surface area (Å²) < 4.78 is 5.33. The van der Waals surface area contributed by atoms with E-state index in [2.05, 4.69) is 38.3 Å². The van der Waals surface area contributed by atoms with E-state index in [-0.39, 0.29) is 5.91 Å². The lowest BCUT2D eigenvalue weighted by atomic mass is 10.2. The van der Waals surface area contributed by atoms with Crippen molar-refractivity contribution in [2.75, 3.05) is 50.8 Å². The van der Waals surface area contributed by atoms with Crippen molar-refractivity contribution in [3.05, 3.63) is 53.7 Å². The van der Waals surface area contributed by atoms with Crippen LogP contribution in [0.25, 0.3) is 0 Å². The third-order valence-electron chi connectivity index (χ3n) is 4.99. The van der Waals surface area contributed by atoms with Gasteiger partial charge in [-0.1, -0.05) is 18.2 Å². The summed E-state index contributed by atoms with van der Waals surface area (Å²) in [6.07, 6.45) is 2.70. The average molecular weight is 352 g/mol. The number of benzene rings is 1. The number of hydrogen-bond acceptors (Lipinski definition) is 5. The number of hydrogen-bond donors (Lipinski definition) is 1. The molecule has 1 fully saturated rings. The number of aromatic nitrogens is 1. The number of carbonyl (C=O) groups excluding carboxylic acids is 1. The molecule has 1 saturated heterocycles. The Morgan fingerprint density at radius 2 is 1.96 bits per heavy atom. The highest BCUT2D eigenvalue weighted by Gasteiger charge is 2.20. The van der Waals surface area contributed by atoms with Crippen molar-refractivity contribution >= 4 is 17.4 Å². The maximum absolute atomic E-state index is 12.3. The van der Waals surface area contributed by atoms with E-state index < -0.39 is 0 Å². The Labute approximate surface area is 153 Å². The largest absolute Gasteiger partial charge is 0.379 e. The van der Waals surface area contributed by atoms with Gasteiger partial charge in [-0.15, -0.1) is 0 Å². The second kappa shape index (κ2) is 7.85. The highest BCUT2D eigenvalue weighted by Crippen LogP contribution is 2.32. The van der Waals surface area contributed by atoms with Crippen LogP contribution in [0.15, 0.2) is 42.6 Å². The van der Waals surface area contributed by atoms with Gasteiger partial charge in [-0.3, -0.25) is 9.69 Å². The van der Waals surface area contributed by atoms with Crippen LogP contribution >= 0.6 is 0 Å². The van der Waals surface area contributed by atoms with Crippen LogP contribution in [-0.2, 0) is 11.2 Å². The van der Waals surface area contributed by atoms with Crippen molar-refractivity contribution in [1.82, 2.24) is 15.2 Å². The van der Waals surface area contributed by atoms with Crippen LogP contribution in [0.5, 0.6) is 0 Å². The van der Waals surface area contributed by atoms with Gasteiger partial charge in [0.1, 0.15) is 5.82 Å². The summed E-state index contributed by atoms with van der Waals surface area (Å²) in [4.78, 5) is 21.3. The minimum atomic E-state index is -0.0702. The topological polar surface area (TPSA) is 57.7 Å². The standard InChI is InChI=1S/C20H24N4O2/c25-20(21-8-10-23-11-13-26-14-12-23)17-5-6-19(22-15-17)24-9-7-16-3-1-2-4-18(16)24/h1-6,15H,7-14H2,(H,21,25). The van der Waals surface area contributed by atoms with Crippen LogP contribution in [0.3, 0.4) is 0 Å². The molecule has 0 atom stereocenters. The number of nitrogens with one attached hydrogen (secondary N) is 1. The number of amides is 1. The minimum Gasteiger partial charge on any atom is -0.379 e. The summed E-state index contributed by atoms with van der Waals surface area (Å²) in [6.45, 7) is 5.84. The number of pyridine rings is 1. The third-order valence-corrected chi connectivity index (χ3v) is 4.99. The normalized spacial score (nSPS) is 17.2. The lowest BCUT2D eigenvalue weighted by Crippen LogP contribution is -2.41. The summed E-state index contributed by atoms with van der Waals surface area (Å²) in [5.74, 6) is 0.818. The first kappa shape index (κ1) is 17.0. The molecule has 6 heteroatoms. The summed E-state index contributed by atoms with van der Waals surface area (Å²) in [5.41, 5.74) is 3.16. The summed E-state index contributed by atoms with van der Waals surface area (Å²) in [7, 11) is 0. The van der Waals surface area contributed by atoms with Crippen molar-refractivity contribution in [2.45, 2.75) is 6.42 Å². The first-order chi connectivity index (χ1) is 12.8. The Hall–Kier alpha value is -2.44. The molecule has 1 amide bonds. The van der Waals surface area contributed by atoms with E-state index in [1.54, 1.807) is 6.20 Å². The fourth-order valence-corrected chi connectivity index (χ4v) is 3.51. The number of para-hydroxylation sites is 1. The van der Waals surface area contributed by atoms with E-state index in [0.717, 1.165) is 51.6 Å². The zero-order valence-corrected chi connectivity index (χ0v) is 14.9. The average Bonchev–Trinajstić information content (AvgIpc) is 3.13. The van der Waals surface area contributed by atoms with Crippen molar-refractivity contribution in [3.63, 3.8) is 0 Å². The van der Waals surface area contributed by atoms with E-state index in [1.807, 2.05) is 18.2 Å². The lowest BCUT2D eigenvalue weighted by molar-refractivity contribution is 0.0383. The molecule has 0 spiro atoms. The van der Waals surface area contributed by atoms with Gasteiger partial charge in [-0.25, -0.2) is 4.98 Å². The quantitative estimate of drug-likeness (QED) is 0.890. The molecule has 3 heterocycles. The Kier molecular flexibility index (Phi) is 5.13. The van der Waals surface area contributed by atoms with Gasteiger partial charge < -0.3 is 15.0 Å². The predicted octanol–water partition coefficient (Wildman–Crippen LogP) is 1.84. The van der Waals surface area contributed by atoms with E-state index in [0.29, 0.717) is 12.1 Å². The summed E-state index contributed by atoms with van der Waals surface area (Å²) in [5, 5.41) is 2.98. The Morgan fingerprint density at radius 3 is 2.77 bits per heavy atom. The number of nitrogens with zero attached hydrogens (tertiary/aromatic N) is 3. The fraction of sp³-hybridized carbons (Fsp3) is 0.400. The van der Waals surface area contributed by atoms with E-state index in [1.165, 1.54) is 11.3 Å². The molecular formula is C20H24N4O2. The molecule has 6 nitrogen and oxygen atoms in total. The molecule has 26 heavy (non-hydrogen) atoms. The molecule has 0 radical (unpaired) electrons. The minimum absolute atomic E-state index is 0.0702. The van der Waals surface area contributed by atoms with Crippen LogP contribution < -0.4 is 10.2 Å². The van der Waals surface area contributed by atoms with Crippen LogP contribution in [0.1, 0.15) is 15.9 Å². The van der Waals surface area contributed by atoms with Crippen LogP contribution in [0.4, 0.5) is 11.5 Å². The van der Waals surface area contributed by atoms with Crippen molar-refractivity contribution in [2.24, 2.45) is 0 Å². The monoisotopic (exact) mass is 352 g/mol. The number of morpholine rings is 1. The van der Waals surface area contributed by atoms with Crippen molar-refractivity contribution < 1.29 is 9.53 Å². The fourth-order valence-electron chi connectivity index (χ4n) is 3.51. The van der Waals surface area contributed by atoms with Crippen LogP contribution in [-0.4, -0.2) is 61.7 Å². The van der Waals surface area contributed by atoms with Crippen LogP contribution in [0, 0.1) is 0 Å². The van der Waals surface area contributed by atoms with Gasteiger partial charge in [0.25, 0.3) is 5.91 Å². The second-order valence-corrected chi connectivity index (χ2v) is 6.65. The van der Waals surface area contributed by atoms with Gasteiger partial charge in [0, 0.05) is 44.6 Å². The highest BCUT2D eigenvalue weighted by molar-refractivity contribution is 5.94. The second-order valence-electron chi connectivity index (χ2n) is 6.65. The maximum atomic E-state index is 12.3. The van der Waals surface area contributed by atoms with E-state index >= 15 is 0 Å². The summed E-state index contributed by atoms with van der Waals surface area (Å²) in [6, 6.07) is 12.2. The molecule has 0 bridgehead atoms. The first-order valence-electron chi connectivity index (χ1n) is 9.21. The zero-order valence-electron chi connectivity index (χ0n) is 14.9. The molecule has 1 N–H and O–H groups in total. The van der Waals surface area contributed by atoms with Gasteiger partial charge in [0.05, 0.1) is 18.8 Å².